The van der Waals surface area contributed by atoms with Gasteiger partial charge in [0.25, 0.3) is 0 Å². The van der Waals surface area contributed by atoms with Crippen molar-refractivity contribution in [1.82, 2.24) is 5.32 Å². The predicted molar refractivity (Wildman–Crippen MR) is 69.6 cm³/mol. The van der Waals surface area contributed by atoms with E-state index in [1.807, 2.05) is 67.7 Å². The predicted octanol–water partition coefficient (Wildman–Crippen LogP) is 2.68. The van der Waals surface area contributed by atoms with Crippen molar-refractivity contribution in [2.45, 2.75) is 12.1 Å². The normalized spacial score (nSPS) is 14.2. The molecule has 0 bridgehead atoms. The maximum Gasteiger partial charge on any atom is 0.0984 e. The summed E-state index contributed by atoms with van der Waals surface area (Å²) in [7, 11) is 1.86. The van der Waals surface area contributed by atoms with Crippen LogP contribution in [-0.2, 0) is 0 Å². The Morgan fingerprint density at radius 1 is 0.824 bits per heavy atom. The molecule has 2 atom stereocenters. The molecule has 2 nitrogen and oxygen atoms in total. The van der Waals surface area contributed by atoms with E-state index >= 15 is 0 Å². The van der Waals surface area contributed by atoms with Gasteiger partial charge in [0, 0.05) is 0 Å². The van der Waals surface area contributed by atoms with Crippen LogP contribution in [0.25, 0.3) is 0 Å². The lowest BCUT2D eigenvalue weighted by Crippen LogP contribution is -2.23. The van der Waals surface area contributed by atoms with Crippen LogP contribution in [-0.4, -0.2) is 12.2 Å². The van der Waals surface area contributed by atoms with E-state index in [-0.39, 0.29) is 6.04 Å². The maximum atomic E-state index is 10.4. The fraction of sp³-hybridized carbons (Fsp3) is 0.200. The molecule has 2 aromatic carbocycles. The van der Waals surface area contributed by atoms with Gasteiger partial charge in [0.05, 0.1) is 12.1 Å². The molecule has 0 aromatic heterocycles. The average Bonchev–Trinajstić information content (AvgIpc) is 2.42. The molecule has 2 heteroatoms. The molecule has 0 unspecified atom stereocenters. The Morgan fingerprint density at radius 3 is 1.76 bits per heavy atom. The summed E-state index contributed by atoms with van der Waals surface area (Å²) in [4.78, 5) is 0. The number of aliphatic hydroxyl groups excluding tert-OH is 1. The van der Waals surface area contributed by atoms with Crippen LogP contribution in [0.3, 0.4) is 0 Å². The molecule has 0 aliphatic heterocycles. The van der Waals surface area contributed by atoms with Gasteiger partial charge >= 0.3 is 0 Å². The summed E-state index contributed by atoms with van der Waals surface area (Å²) in [6.07, 6.45) is -0.538. The number of nitrogens with one attached hydrogen (secondary N) is 1. The number of hydrogen-bond acceptors (Lipinski definition) is 2. The Morgan fingerprint density at radius 2 is 1.29 bits per heavy atom. The van der Waals surface area contributed by atoms with Crippen molar-refractivity contribution in [2.75, 3.05) is 7.05 Å². The van der Waals surface area contributed by atoms with E-state index in [1.165, 1.54) is 0 Å². The number of benzene rings is 2. The van der Waals surface area contributed by atoms with Crippen LogP contribution in [0.15, 0.2) is 60.7 Å². The van der Waals surface area contributed by atoms with Crippen molar-refractivity contribution in [3.63, 3.8) is 0 Å². The highest BCUT2D eigenvalue weighted by molar-refractivity contribution is 5.25. The van der Waals surface area contributed by atoms with Gasteiger partial charge < -0.3 is 10.4 Å². The third-order valence-corrected chi connectivity index (χ3v) is 2.93. The lowest BCUT2D eigenvalue weighted by Gasteiger charge is -2.23. The third-order valence-electron chi connectivity index (χ3n) is 2.93. The Balaban J connectivity index is 2.25. The van der Waals surface area contributed by atoms with Crippen LogP contribution in [0.1, 0.15) is 23.3 Å². The van der Waals surface area contributed by atoms with E-state index in [0.29, 0.717) is 0 Å². The molecular weight excluding hydrogens is 210 g/mol. The summed E-state index contributed by atoms with van der Waals surface area (Å²) in [5.41, 5.74) is 2.02. The molecule has 0 radical (unpaired) electrons. The minimum atomic E-state index is -0.538. The van der Waals surface area contributed by atoms with E-state index in [9.17, 15) is 5.11 Å². The van der Waals surface area contributed by atoms with Crippen LogP contribution in [0, 0.1) is 0 Å². The van der Waals surface area contributed by atoms with Crippen molar-refractivity contribution in [1.29, 1.82) is 0 Å². The first-order chi connectivity index (χ1) is 8.33. The summed E-state index contributed by atoms with van der Waals surface area (Å²) >= 11 is 0. The molecule has 2 aromatic rings. The van der Waals surface area contributed by atoms with E-state index in [0.717, 1.165) is 11.1 Å². The zero-order valence-corrected chi connectivity index (χ0v) is 9.88. The molecule has 0 aliphatic carbocycles. The summed E-state index contributed by atoms with van der Waals surface area (Å²) in [5, 5.41) is 13.5. The van der Waals surface area contributed by atoms with Gasteiger partial charge in [-0.1, -0.05) is 60.7 Å². The van der Waals surface area contributed by atoms with Crippen molar-refractivity contribution in [3.05, 3.63) is 71.8 Å². The van der Waals surface area contributed by atoms with Crippen LogP contribution in [0.5, 0.6) is 0 Å². The second kappa shape index (κ2) is 5.62. The van der Waals surface area contributed by atoms with Crippen LogP contribution in [0.4, 0.5) is 0 Å². The number of aliphatic hydroxyl groups is 1. The van der Waals surface area contributed by atoms with Crippen LogP contribution in [0.2, 0.25) is 0 Å². The minimum Gasteiger partial charge on any atom is -0.386 e. The molecule has 0 spiro atoms. The Labute approximate surface area is 102 Å². The fourth-order valence-corrected chi connectivity index (χ4v) is 2.01. The van der Waals surface area contributed by atoms with Crippen molar-refractivity contribution in [3.8, 4) is 0 Å². The quantitative estimate of drug-likeness (QED) is 0.841. The lowest BCUT2D eigenvalue weighted by atomic mass is 9.96. The van der Waals surface area contributed by atoms with Crippen LogP contribution >= 0.6 is 0 Å². The van der Waals surface area contributed by atoms with Gasteiger partial charge in [-0.25, -0.2) is 0 Å². The second-order valence-electron chi connectivity index (χ2n) is 4.03. The second-order valence-corrected chi connectivity index (χ2v) is 4.03. The Bertz CT molecular complexity index is 441. The zero-order chi connectivity index (χ0) is 12.1. The summed E-state index contributed by atoms with van der Waals surface area (Å²) in [5.74, 6) is 0. The number of hydrogen-bond donors (Lipinski definition) is 2. The van der Waals surface area contributed by atoms with Crippen LogP contribution < -0.4 is 5.32 Å². The van der Waals surface area contributed by atoms with Crippen molar-refractivity contribution < 1.29 is 5.11 Å². The minimum absolute atomic E-state index is 0.0846. The fourth-order valence-electron chi connectivity index (χ4n) is 2.01. The highest BCUT2D eigenvalue weighted by Crippen LogP contribution is 2.27. The topological polar surface area (TPSA) is 32.3 Å². The highest BCUT2D eigenvalue weighted by atomic mass is 16.3. The molecule has 0 heterocycles. The first-order valence-electron chi connectivity index (χ1n) is 5.78. The molecule has 0 saturated carbocycles. The smallest absolute Gasteiger partial charge is 0.0984 e. The lowest BCUT2D eigenvalue weighted by molar-refractivity contribution is 0.133. The molecule has 17 heavy (non-hydrogen) atoms. The molecular formula is C15H17NO. The van der Waals surface area contributed by atoms with Gasteiger partial charge in [0.2, 0.25) is 0 Å². The SMILES string of the molecule is CN[C@@H](c1ccccc1)[C@@H](O)c1ccccc1. The highest BCUT2D eigenvalue weighted by Gasteiger charge is 2.20. The largest absolute Gasteiger partial charge is 0.386 e. The Kier molecular flexibility index (Phi) is 3.91. The summed E-state index contributed by atoms with van der Waals surface area (Å²) in [6, 6.07) is 19.6. The third kappa shape index (κ3) is 2.73. The van der Waals surface area contributed by atoms with Crippen molar-refractivity contribution >= 4 is 0 Å². The van der Waals surface area contributed by atoms with Gasteiger partial charge in [-0.2, -0.15) is 0 Å². The average molecular weight is 227 g/mol. The van der Waals surface area contributed by atoms with Gasteiger partial charge in [-0.3, -0.25) is 0 Å². The molecule has 0 amide bonds. The molecule has 0 aliphatic rings. The number of likely N-dealkylation sites (N-methyl/N-ethyl adjacent to an activating group) is 1. The zero-order valence-electron chi connectivity index (χ0n) is 9.88. The van der Waals surface area contributed by atoms with Gasteiger partial charge in [0.15, 0.2) is 0 Å². The molecule has 88 valence electrons. The van der Waals surface area contributed by atoms with Gasteiger partial charge in [-0.05, 0) is 18.2 Å². The van der Waals surface area contributed by atoms with Gasteiger partial charge in [-0.15, -0.1) is 0 Å². The molecule has 0 fully saturated rings. The molecule has 0 saturated heterocycles. The van der Waals surface area contributed by atoms with Crippen molar-refractivity contribution in [2.24, 2.45) is 0 Å². The van der Waals surface area contributed by atoms with E-state index < -0.39 is 6.10 Å². The monoisotopic (exact) mass is 227 g/mol. The molecule has 2 rings (SSSR count). The maximum absolute atomic E-state index is 10.4. The first kappa shape index (κ1) is 11.8. The van der Waals surface area contributed by atoms with E-state index in [4.69, 9.17) is 0 Å². The van der Waals surface area contributed by atoms with E-state index in [2.05, 4.69) is 5.32 Å². The van der Waals surface area contributed by atoms with E-state index in [1.54, 1.807) is 0 Å². The summed E-state index contributed by atoms with van der Waals surface area (Å²) in [6.45, 7) is 0. The first-order valence-corrected chi connectivity index (χ1v) is 5.78. The standard InChI is InChI=1S/C15H17NO/c1-16-14(12-8-4-2-5-9-12)15(17)13-10-6-3-7-11-13/h2-11,14-17H,1H3/t14-,15-/m0/s1. The summed E-state index contributed by atoms with van der Waals surface area (Å²) < 4.78 is 0. The Hall–Kier alpha value is -1.64. The van der Waals surface area contributed by atoms with Gasteiger partial charge in [0.1, 0.15) is 0 Å². The number of rotatable bonds is 4. The molecule has 2 N–H and O–H groups in total.